The minimum atomic E-state index is -1.04. The largest absolute Gasteiger partial charge is 0.317 e. The van der Waals surface area contributed by atoms with Crippen molar-refractivity contribution < 1.29 is 4.39 Å². The summed E-state index contributed by atoms with van der Waals surface area (Å²) in [4.78, 5) is 0. The van der Waals surface area contributed by atoms with Crippen LogP contribution >= 0.6 is 0 Å². The third-order valence-corrected chi connectivity index (χ3v) is 1.38. The SMILES string of the molecule is CNCC(C)(F)CC(C)C. The van der Waals surface area contributed by atoms with Gasteiger partial charge in [-0.1, -0.05) is 13.8 Å². The maximum Gasteiger partial charge on any atom is 0.120 e. The fraction of sp³-hybridized carbons (Fsp3) is 1.00. The van der Waals surface area contributed by atoms with Gasteiger partial charge in [-0.15, -0.1) is 0 Å². The molecule has 1 N–H and O–H groups in total. The van der Waals surface area contributed by atoms with E-state index in [1.807, 2.05) is 13.8 Å². The lowest BCUT2D eigenvalue weighted by Gasteiger charge is -2.21. The Morgan fingerprint density at radius 3 is 2.30 bits per heavy atom. The first kappa shape index (κ1) is 9.89. The van der Waals surface area contributed by atoms with Gasteiger partial charge in [-0.05, 0) is 26.3 Å². The molecule has 0 bridgehead atoms. The molecule has 0 saturated carbocycles. The van der Waals surface area contributed by atoms with Gasteiger partial charge < -0.3 is 5.32 Å². The van der Waals surface area contributed by atoms with Gasteiger partial charge >= 0.3 is 0 Å². The van der Waals surface area contributed by atoms with Gasteiger partial charge in [0, 0.05) is 6.54 Å². The van der Waals surface area contributed by atoms with Gasteiger partial charge in [-0.2, -0.15) is 0 Å². The molecule has 0 rings (SSSR count). The molecule has 0 aliphatic heterocycles. The maximum atomic E-state index is 13.3. The molecule has 0 fully saturated rings. The predicted octanol–water partition coefficient (Wildman–Crippen LogP) is 1.98. The van der Waals surface area contributed by atoms with Crippen LogP contribution in [0, 0.1) is 5.92 Å². The van der Waals surface area contributed by atoms with Crippen molar-refractivity contribution in [1.29, 1.82) is 0 Å². The van der Waals surface area contributed by atoms with Crippen LogP contribution in [0.1, 0.15) is 27.2 Å². The zero-order chi connectivity index (χ0) is 8.20. The molecule has 1 unspecified atom stereocenters. The first-order chi connectivity index (χ1) is 4.48. The van der Waals surface area contributed by atoms with Gasteiger partial charge in [0.25, 0.3) is 0 Å². The van der Waals surface area contributed by atoms with Gasteiger partial charge in [0.2, 0.25) is 0 Å². The molecule has 1 atom stereocenters. The van der Waals surface area contributed by atoms with Gasteiger partial charge in [0.05, 0.1) is 0 Å². The number of hydrogen-bond donors (Lipinski definition) is 1. The summed E-state index contributed by atoms with van der Waals surface area (Å²) in [6.07, 6.45) is 0.633. The number of alkyl halides is 1. The molecule has 0 saturated heterocycles. The molecule has 0 aromatic rings. The minimum Gasteiger partial charge on any atom is -0.317 e. The van der Waals surface area contributed by atoms with Crippen molar-refractivity contribution in [1.82, 2.24) is 5.32 Å². The zero-order valence-electron chi connectivity index (χ0n) is 7.37. The molecule has 0 aliphatic rings. The summed E-state index contributed by atoms with van der Waals surface area (Å²) in [6, 6.07) is 0. The molecule has 62 valence electrons. The van der Waals surface area contributed by atoms with E-state index in [-0.39, 0.29) is 0 Å². The molecule has 2 heteroatoms. The monoisotopic (exact) mass is 147 g/mol. The van der Waals surface area contributed by atoms with Gasteiger partial charge in [0.15, 0.2) is 0 Å². The molecule has 0 heterocycles. The first-order valence-corrected chi connectivity index (χ1v) is 3.81. The average molecular weight is 147 g/mol. The molecule has 0 radical (unpaired) electrons. The third-order valence-electron chi connectivity index (χ3n) is 1.38. The Morgan fingerprint density at radius 2 is 2.00 bits per heavy atom. The summed E-state index contributed by atoms with van der Waals surface area (Å²) in [5.74, 6) is 0.434. The van der Waals surface area contributed by atoms with E-state index >= 15 is 0 Å². The Kier molecular flexibility index (Phi) is 3.87. The first-order valence-electron chi connectivity index (χ1n) is 3.81. The van der Waals surface area contributed by atoms with Crippen molar-refractivity contribution in [2.45, 2.75) is 32.9 Å². The highest BCUT2D eigenvalue weighted by Crippen LogP contribution is 2.19. The summed E-state index contributed by atoms with van der Waals surface area (Å²) in [6.45, 7) is 6.16. The average Bonchev–Trinajstić information content (AvgIpc) is 1.59. The second-order valence-corrected chi connectivity index (χ2v) is 3.54. The molecule has 0 aromatic carbocycles. The smallest absolute Gasteiger partial charge is 0.120 e. The van der Waals surface area contributed by atoms with Crippen LogP contribution in [0.15, 0.2) is 0 Å². The van der Waals surface area contributed by atoms with Crippen LogP contribution in [0.5, 0.6) is 0 Å². The Balaban J connectivity index is 3.63. The van der Waals surface area contributed by atoms with Gasteiger partial charge in [-0.25, -0.2) is 4.39 Å². The van der Waals surface area contributed by atoms with Gasteiger partial charge in [-0.3, -0.25) is 0 Å². The standard InChI is InChI=1S/C8H18FN/c1-7(2)5-8(3,9)6-10-4/h7,10H,5-6H2,1-4H3. The van der Waals surface area contributed by atoms with Crippen LogP contribution in [-0.4, -0.2) is 19.3 Å². The van der Waals surface area contributed by atoms with E-state index in [1.54, 1.807) is 14.0 Å². The number of nitrogens with one attached hydrogen (secondary N) is 1. The van der Waals surface area contributed by atoms with Crippen LogP contribution < -0.4 is 5.32 Å². The molecule has 10 heavy (non-hydrogen) atoms. The van der Waals surface area contributed by atoms with Crippen molar-refractivity contribution in [3.05, 3.63) is 0 Å². The van der Waals surface area contributed by atoms with Crippen molar-refractivity contribution in [2.24, 2.45) is 5.92 Å². The van der Waals surface area contributed by atoms with Crippen LogP contribution in [0.25, 0.3) is 0 Å². The van der Waals surface area contributed by atoms with E-state index in [9.17, 15) is 4.39 Å². The molecular weight excluding hydrogens is 129 g/mol. The molecule has 0 aliphatic carbocycles. The van der Waals surface area contributed by atoms with E-state index in [0.29, 0.717) is 18.9 Å². The van der Waals surface area contributed by atoms with Crippen molar-refractivity contribution in [2.75, 3.05) is 13.6 Å². The second-order valence-electron chi connectivity index (χ2n) is 3.54. The fourth-order valence-electron chi connectivity index (χ4n) is 1.29. The predicted molar refractivity (Wildman–Crippen MR) is 42.9 cm³/mol. The van der Waals surface area contributed by atoms with Crippen molar-refractivity contribution >= 4 is 0 Å². The highest BCUT2D eigenvalue weighted by Gasteiger charge is 2.22. The number of halogens is 1. The zero-order valence-corrected chi connectivity index (χ0v) is 7.37. The van der Waals surface area contributed by atoms with Crippen LogP contribution in [0.3, 0.4) is 0 Å². The highest BCUT2D eigenvalue weighted by molar-refractivity contribution is 4.76. The van der Waals surface area contributed by atoms with Crippen molar-refractivity contribution in [3.63, 3.8) is 0 Å². The summed E-state index contributed by atoms with van der Waals surface area (Å²) < 4.78 is 13.3. The number of hydrogen-bond acceptors (Lipinski definition) is 1. The van der Waals surface area contributed by atoms with Crippen molar-refractivity contribution in [3.8, 4) is 0 Å². The Labute approximate surface area is 63.0 Å². The molecule has 1 nitrogen and oxygen atoms in total. The number of rotatable bonds is 4. The van der Waals surface area contributed by atoms with E-state index in [2.05, 4.69) is 5.32 Å². The van der Waals surface area contributed by atoms with E-state index in [1.165, 1.54) is 0 Å². The Bertz CT molecular complexity index is 89.3. The summed E-state index contributed by atoms with van der Waals surface area (Å²) in [5, 5.41) is 2.84. The van der Waals surface area contributed by atoms with E-state index < -0.39 is 5.67 Å². The van der Waals surface area contributed by atoms with E-state index in [0.717, 1.165) is 0 Å². The lowest BCUT2D eigenvalue weighted by atomic mass is 9.96. The van der Waals surface area contributed by atoms with E-state index in [4.69, 9.17) is 0 Å². The van der Waals surface area contributed by atoms with Crippen LogP contribution in [0.2, 0.25) is 0 Å². The maximum absolute atomic E-state index is 13.3. The fourth-order valence-corrected chi connectivity index (χ4v) is 1.29. The summed E-state index contributed by atoms with van der Waals surface area (Å²) in [7, 11) is 1.78. The quantitative estimate of drug-likeness (QED) is 0.641. The summed E-state index contributed by atoms with van der Waals surface area (Å²) >= 11 is 0. The van der Waals surface area contributed by atoms with Crippen LogP contribution in [-0.2, 0) is 0 Å². The Hall–Kier alpha value is -0.110. The molecule has 0 amide bonds. The highest BCUT2D eigenvalue weighted by atomic mass is 19.1. The second kappa shape index (κ2) is 3.91. The normalized spacial score (nSPS) is 17.4. The lowest BCUT2D eigenvalue weighted by Crippen LogP contribution is -2.32. The molecular formula is C8H18FN. The van der Waals surface area contributed by atoms with Gasteiger partial charge in [0.1, 0.15) is 5.67 Å². The molecule has 0 spiro atoms. The summed E-state index contributed by atoms with van der Waals surface area (Å²) in [5.41, 5.74) is -1.04. The third kappa shape index (κ3) is 4.74. The minimum absolute atomic E-state index is 0.434. The topological polar surface area (TPSA) is 12.0 Å². The Morgan fingerprint density at radius 1 is 1.50 bits per heavy atom. The lowest BCUT2D eigenvalue weighted by molar-refractivity contribution is 0.153. The van der Waals surface area contributed by atoms with Crippen LogP contribution in [0.4, 0.5) is 4.39 Å². The molecule has 0 aromatic heterocycles.